The minimum absolute atomic E-state index is 0.0655. The Morgan fingerprint density at radius 2 is 1.58 bits per heavy atom. The lowest BCUT2D eigenvalue weighted by Gasteiger charge is -2.25. The van der Waals surface area contributed by atoms with Gasteiger partial charge in [-0.1, -0.05) is 19.1 Å². The van der Waals surface area contributed by atoms with Crippen LogP contribution in [-0.2, 0) is 21.9 Å². The van der Waals surface area contributed by atoms with Crippen LogP contribution in [0, 0.1) is 5.82 Å². The van der Waals surface area contributed by atoms with Gasteiger partial charge in [0.15, 0.2) is 5.78 Å². The second kappa shape index (κ2) is 10.3. The molecule has 0 aromatic heterocycles. The van der Waals surface area contributed by atoms with Gasteiger partial charge in [0.1, 0.15) is 11.9 Å². The van der Waals surface area contributed by atoms with Crippen molar-refractivity contribution in [3.63, 3.8) is 0 Å². The van der Waals surface area contributed by atoms with Crippen LogP contribution in [-0.4, -0.2) is 41.1 Å². The molecule has 1 aliphatic carbocycles. The highest BCUT2D eigenvalue weighted by atomic mass is 19.4. The Hall–Kier alpha value is -2.92. The third kappa shape index (κ3) is 5.73. The zero-order valence-electron chi connectivity index (χ0n) is 20.5. The van der Waals surface area contributed by atoms with Crippen LogP contribution in [0.5, 0.6) is 0 Å². The van der Waals surface area contributed by atoms with Gasteiger partial charge in [-0.3, -0.25) is 4.79 Å². The molecule has 1 fully saturated rings. The average molecular weight is 545 g/mol. The molecule has 38 heavy (non-hydrogen) atoms. The van der Waals surface area contributed by atoms with Gasteiger partial charge < -0.3 is 14.7 Å². The van der Waals surface area contributed by atoms with Gasteiger partial charge in [0, 0.05) is 36.7 Å². The number of carbonyl (C=O) groups excluding carboxylic acids is 1. The van der Waals surface area contributed by atoms with E-state index in [1.807, 2.05) is 4.90 Å². The number of carbonyl (C=O) groups is 1. The summed E-state index contributed by atoms with van der Waals surface area (Å²) >= 11 is 0. The number of aliphatic hydroxyl groups is 1. The molecule has 0 amide bonds. The second-order valence-corrected chi connectivity index (χ2v) is 9.58. The smallest absolute Gasteiger partial charge is 0.385 e. The van der Waals surface area contributed by atoms with E-state index in [0.717, 1.165) is 0 Å². The second-order valence-electron chi connectivity index (χ2n) is 9.58. The first kappa shape index (κ1) is 28.1. The van der Waals surface area contributed by atoms with E-state index in [2.05, 4.69) is 0 Å². The minimum Gasteiger partial charge on any atom is -0.385 e. The van der Waals surface area contributed by atoms with Crippen LogP contribution in [0.1, 0.15) is 61.0 Å². The summed E-state index contributed by atoms with van der Waals surface area (Å²) in [5.41, 5.74) is -1.39. The molecule has 4 atom stereocenters. The summed E-state index contributed by atoms with van der Waals surface area (Å²) < 4.78 is 100.0. The number of benzene rings is 2. The van der Waals surface area contributed by atoms with Crippen molar-refractivity contribution in [1.29, 1.82) is 0 Å². The molecule has 1 saturated heterocycles. The Kier molecular flexibility index (Phi) is 7.64. The summed E-state index contributed by atoms with van der Waals surface area (Å²) in [6, 6.07) is 6.93. The Morgan fingerprint density at radius 3 is 2.11 bits per heavy atom. The molecular formula is C27H26F7NO3. The van der Waals surface area contributed by atoms with Crippen molar-refractivity contribution in [3.8, 4) is 0 Å². The summed E-state index contributed by atoms with van der Waals surface area (Å²) in [7, 11) is 0. The van der Waals surface area contributed by atoms with E-state index in [1.54, 1.807) is 19.1 Å². The molecule has 206 valence electrons. The van der Waals surface area contributed by atoms with E-state index in [1.165, 1.54) is 19.1 Å². The Labute approximate surface area is 214 Å². The number of alkyl halides is 6. The first-order valence-electron chi connectivity index (χ1n) is 12.1. The quantitative estimate of drug-likeness (QED) is 0.427. The Balaban J connectivity index is 1.67. The molecule has 4 unspecified atom stereocenters. The highest BCUT2D eigenvalue weighted by molar-refractivity contribution is 6.01. The SMILES string of the molecule is CCC1=C(N2CC(OC(C)c3cc(C(F)(F)F)cc(C(F)(F)F)c3)C(c3ccc(F)cc3)C2)CC(O)C1=O. The summed E-state index contributed by atoms with van der Waals surface area (Å²) in [4.78, 5) is 14.2. The number of ketones is 1. The average Bonchev–Trinajstić information content (AvgIpc) is 3.38. The Bertz CT molecular complexity index is 1190. The van der Waals surface area contributed by atoms with Crippen molar-refractivity contribution >= 4 is 5.78 Å². The molecule has 0 bridgehead atoms. The van der Waals surface area contributed by atoms with Crippen molar-refractivity contribution < 1.29 is 45.4 Å². The normalized spacial score (nSPS) is 23.5. The standard InChI is InChI=1S/C27H26F7NO3/c1-3-20-22(11-23(36)25(20)37)35-12-21(15-4-6-19(28)7-5-15)24(13-35)38-14(2)16-8-17(26(29,30)31)10-18(9-16)27(32,33)34/h4-10,14,21,23-24,36H,3,11-13H2,1-2H3. The lowest BCUT2D eigenvalue weighted by Crippen LogP contribution is -2.25. The highest BCUT2D eigenvalue weighted by Crippen LogP contribution is 2.41. The van der Waals surface area contributed by atoms with Crippen molar-refractivity contribution in [3.05, 3.63) is 81.8 Å². The first-order chi connectivity index (χ1) is 17.7. The van der Waals surface area contributed by atoms with Gasteiger partial charge >= 0.3 is 12.4 Å². The maximum absolute atomic E-state index is 13.6. The number of aliphatic hydroxyl groups excluding tert-OH is 1. The number of nitrogens with zero attached hydrogens (tertiary/aromatic N) is 1. The molecule has 0 spiro atoms. The molecule has 4 nitrogen and oxygen atoms in total. The number of ether oxygens (including phenoxy) is 1. The maximum Gasteiger partial charge on any atom is 0.416 e. The fourth-order valence-corrected chi connectivity index (χ4v) is 5.16. The van der Waals surface area contributed by atoms with Gasteiger partial charge in [-0.2, -0.15) is 26.3 Å². The van der Waals surface area contributed by atoms with Crippen LogP contribution >= 0.6 is 0 Å². The van der Waals surface area contributed by atoms with Gasteiger partial charge in [-0.15, -0.1) is 0 Å². The Morgan fingerprint density at radius 1 is 1.00 bits per heavy atom. The van der Waals surface area contributed by atoms with E-state index in [0.29, 0.717) is 41.9 Å². The van der Waals surface area contributed by atoms with E-state index in [4.69, 9.17) is 4.74 Å². The van der Waals surface area contributed by atoms with Crippen LogP contribution in [0.2, 0.25) is 0 Å². The lowest BCUT2D eigenvalue weighted by atomic mass is 9.95. The van der Waals surface area contributed by atoms with Crippen LogP contribution in [0.25, 0.3) is 0 Å². The number of hydrogen-bond donors (Lipinski definition) is 1. The summed E-state index contributed by atoms with van der Waals surface area (Å²) in [6.07, 6.45) is -12.5. The van der Waals surface area contributed by atoms with Gasteiger partial charge in [-0.05, 0) is 54.8 Å². The number of Topliss-reactive ketones (excluding diaryl/α,β-unsaturated/α-hetero) is 1. The van der Waals surface area contributed by atoms with Crippen molar-refractivity contribution in [2.45, 2.75) is 63.3 Å². The number of rotatable bonds is 6. The third-order valence-electron chi connectivity index (χ3n) is 7.09. The van der Waals surface area contributed by atoms with E-state index >= 15 is 0 Å². The van der Waals surface area contributed by atoms with Gasteiger partial charge in [0.25, 0.3) is 0 Å². The molecular weight excluding hydrogens is 519 g/mol. The zero-order chi connectivity index (χ0) is 28.0. The predicted octanol–water partition coefficient (Wildman–Crippen LogP) is 6.41. The minimum atomic E-state index is -4.99. The molecule has 0 saturated carbocycles. The molecule has 0 radical (unpaired) electrons. The summed E-state index contributed by atoms with van der Waals surface area (Å²) in [6.45, 7) is 3.63. The van der Waals surface area contributed by atoms with Gasteiger partial charge in [0.05, 0.1) is 23.3 Å². The van der Waals surface area contributed by atoms with E-state index in [9.17, 15) is 40.6 Å². The lowest BCUT2D eigenvalue weighted by molar-refractivity contribution is -0.143. The predicted molar refractivity (Wildman–Crippen MR) is 123 cm³/mol. The van der Waals surface area contributed by atoms with Gasteiger partial charge in [0.2, 0.25) is 0 Å². The molecule has 2 aliphatic rings. The van der Waals surface area contributed by atoms with Crippen LogP contribution in [0.3, 0.4) is 0 Å². The molecule has 4 rings (SSSR count). The zero-order valence-corrected chi connectivity index (χ0v) is 20.5. The summed E-state index contributed by atoms with van der Waals surface area (Å²) in [5.74, 6) is -1.27. The molecule has 2 aromatic carbocycles. The third-order valence-corrected chi connectivity index (χ3v) is 7.09. The number of halogens is 7. The van der Waals surface area contributed by atoms with Crippen molar-refractivity contribution in [2.24, 2.45) is 0 Å². The maximum atomic E-state index is 13.6. The van der Waals surface area contributed by atoms with E-state index in [-0.39, 0.29) is 30.4 Å². The van der Waals surface area contributed by atoms with Crippen LogP contribution in [0.4, 0.5) is 30.7 Å². The molecule has 2 aromatic rings. The highest BCUT2D eigenvalue weighted by Gasteiger charge is 2.42. The number of hydrogen-bond acceptors (Lipinski definition) is 4. The van der Waals surface area contributed by atoms with Crippen molar-refractivity contribution in [1.82, 2.24) is 4.90 Å². The van der Waals surface area contributed by atoms with Crippen molar-refractivity contribution in [2.75, 3.05) is 13.1 Å². The van der Waals surface area contributed by atoms with E-state index < -0.39 is 53.5 Å². The van der Waals surface area contributed by atoms with Crippen LogP contribution in [0.15, 0.2) is 53.7 Å². The van der Waals surface area contributed by atoms with Gasteiger partial charge in [-0.25, -0.2) is 4.39 Å². The fraction of sp³-hybridized carbons (Fsp3) is 0.444. The molecule has 1 N–H and O–H groups in total. The van der Waals surface area contributed by atoms with Crippen LogP contribution < -0.4 is 0 Å². The fourth-order valence-electron chi connectivity index (χ4n) is 5.16. The number of likely N-dealkylation sites (tertiary alicyclic amines) is 1. The molecule has 1 heterocycles. The molecule has 11 heteroatoms. The largest absolute Gasteiger partial charge is 0.416 e. The monoisotopic (exact) mass is 545 g/mol. The summed E-state index contributed by atoms with van der Waals surface area (Å²) in [5, 5.41) is 10.1. The molecule has 1 aliphatic heterocycles. The first-order valence-corrected chi connectivity index (χ1v) is 12.1. The topological polar surface area (TPSA) is 49.8 Å².